The summed E-state index contributed by atoms with van der Waals surface area (Å²) >= 11 is 0. The van der Waals surface area contributed by atoms with E-state index in [1.165, 1.54) is 5.56 Å². The molecule has 0 spiro atoms. The lowest BCUT2D eigenvalue weighted by Gasteiger charge is -2.36. The van der Waals surface area contributed by atoms with E-state index in [0.29, 0.717) is 32.7 Å². The minimum atomic E-state index is -0.0516. The standard InChI is InChI=1S/C19H29N3O2/c1-4-5-16(3)18(23)21-10-12-22(13-11-21)19(24)20-14-17-8-6-15(2)7-9-17/h6-9,16H,4-5,10-14H2,1-3H3,(H,20,24). The summed E-state index contributed by atoms with van der Waals surface area (Å²) in [5, 5.41) is 2.96. The van der Waals surface area contributed by atoms with E-state index in [2.05, 4.69) is 12.2 Å². The quantitative estimate of drug-likeness (QED) is 0.902. The molecule has 1 heterocycles. The second kappa shape index (κ2) is 8.71. The lowest BCUT2D eigenvalue weighted by molar-refractivity contribution is -0.136. The SMILES string of the molecule is CCCC(C)C(=O)N1CCN(C(=O)NCc2ccc(C)cc2)CC1. The van der Waals surface area contributed by atoms with Crippen molar-refractivity contribution in [3.63, 3.8) is 0 Å². The summed E-state index contributed by atoms with van der Waals surface area (Å²) < 4.78 is 0. The molecule has 0 saturated carbocycles. The van der Waals surface area contributed by atoms with Crippen molar-refractivity contribution in [1.82, 2.24) is 15.1 Å². The molecule has 3 amide bonds. The number of hydrogen-bond acceptors (Lipinski definition) is 2. The Balaban J connectivity index is 1.76. The van der Waals surface area contributed by atoms with Gasteiger partial charge in [-0.15, -0.1) is 0 Å². The molecule has 1 fully saturated rings. The number of nitrogens with zero attached hydrogens (tertiary/aromatic N) is 2. The van der Waals surface area contributed by atoms with Gasteiger partial charge in [0, 0.05) is 38.6 Å². The zero-order chi connectivity index (χ0) is 17.5. The van der Waals surface area contributed by atoms with Crippen LogP contribution in [0.4, 0.5) is 4.79 Å². The maximum absolute atomic E-state index is 12.3. The van der Waals surface area contributed by atoms with Gasteiger partial charge >= 0.3 is 6.03 Å². The van der Waals surface area contributed by atoms with E-state index >= 15 is 0 Å². The number of urea groups is 1. The van der Waals surface area contributed by atoms with E-state index in [-0.39, 0.29) is 17.9 Å². The van der Waals surface area contributed by atoms with Crippen LogP contribution in [0.2, 0.25) is 0 Å². The maximum Gasteiger partial charge on any atom is 0.317 e. The van der Waals surface area contributed by atoms with Crippen LogP contribution >= 0.6 is 0 Å². The van der Waals surface area contributed by atoms with Crippen molar-refractivity contribution in [3.05, 3.63) is 35.4 Å². The first-order chi connectivity index (χ1) is 11.5. The van der Waals surface area contributed by atoms with Crippen molar-refractivity contribution < 1.29 is 9.59 Å². The third-order valence-electron chi connectivity index (χ3n) is 4.59. The average Bonchev–Trinajstić information content (AvgIpc) is 2.60. The van der Waals surface area contributed by atoms with E-state index in [0.717, 1.165) is 18.4 Å². The van der Waals surface area contributed by atoms with Crippen molar-refractivity contribution in [1.29, 1.82) is 0 Å². The maximum atomic E-state index is 12.3. The lowest BCUT2D eigenvalue weighted by Crippen LogP contribution is -2.53. The zero-order valence-electron chi connectivity index (χ0n) is 15.0. The summed E-state index contributed by atoms with van der Waals surface area (Å²) in [6, 6.07) is 8.10. The summed E-state index contributed by atoms with van der Waals surface area (Å²) in [6.07, 6.45) is 1.95. The molecule has 2 rings (SSSR count). The van der Waals surface area contributed by atoms with Crippen LogP contribution in [0.1, 0.15) is 37.8 Å². The van der Waals surface area contributed by atoms with Crippen LogP contribution in [0.3, 0.4) is 0 Å². The predicted octanol–water partition coefficient (Wildman–Crippen LogP) is 2.79. The van der Waals surface area contributed by atoms with Crippen LogP contribution in [-0.4, -0.2) is 47.9 Å². The van der Waals surface area contributed by atoms with E-state index in [1.54, 1.807) is 4.90 Å². The van der Waals surface area contributed by atoms with Gasteiger partial charge in [-0.25, -0.2) is 4.79 Å². The predicted molar refractivity (Wildman–Crippen MR) is 95.6 cm³/mol. The fourth-order valence-electron chi connectivity index (χ4n) is 2.99. The van der Waals surface area contributed by atoms with Crippen LogP contribution in [0.5, 0.6) is 0 Å². The van der Waals surface area contributed by atoms with E-state index in [9.17, 15) is 9.59 Å². The Bertz CT molecular complexity index is 548. The average molecular weight is 331 g/mol. The Morgan fingerprint density at radius 1 is 1.08 bits per heavy atom. The summed E-state index contributed by atoms with van der Waals surface area (Å²) in [6.45, 7) is 9.13. The molecular formula is C19H29N3O2. The number of nitrogens with one attached hydrogen (secondary N) is 1. The molecule has 1 aromatic rings. The molecule has 5 nitrogen and oxygen atoms in total. The van der Waals surface area contributed by atoms with Crippen molar-refractivity contribution in [2.24, 2.45) is 5.92 Å². The van der Waals surface area contributed by atoms with Crippen LogP contribution < -0.4 is 5.32 Å². The highest BCUT2D eigenvalue weighted by molar-refractivity contribution is 5.79. The molecule has 1 atom stereocenters. The Hall–Kier alpha value is -2.04. The minimum absolute atomic E-state index is 0.0516. The number of amides is 3. The largest absolute Gasteiger partial charge is 0.339 e. The number of carbonyl (C=O) groups excluding carboxylic acids is 2. The molecule has 0 radical (unpaired) electrons. The second-order valence-electron chi connectivity index (χ2n) is 6.65. The Morgan fingerprint density at radius 2 is 1.67 bits per heavy atom. The topological polar surface area (TPSA) is 52.7 Å². The van der Waals surface area contributed by atoms with Crippen LogP contribution in [0, 0.1) is 12.8 Å². The molecule has 132 valence electrons. The number of rotatable bonds is 5. The van der Waals surface area contributed by atoms with Crippen molar-refractivity contribution >= 4 is 11.9 Å². The number of benzene rings is 1. The number of aryl methyl sites for hydroxylation is 1. The van der Waals surface area contributed by atoms with Gasteiger partial charge in [0.1, 0.15) is 0 Å². The first-order valence-electron chi connectivity index (χ1n) is 8.88. The summed E-state index contributed by atoms with van der Waals surface area (Å²) in [4.78, 5) is 28.3. The van der Waals surface area contributed by atoms with Gasteiger partial charge in [0.15, 0.2) is 0 Å². The molecule has 1 saturated heterocycles. The van der Waals surface area contributed by atoms with Crippen LogP contribution in [0.25, 0.3) is 0 Å². The van der Waals surface area contributed by atoms with Gasteiger partial charge in [-0.05, 0) is 18.9 Å². The Morgan fingerprint density at radius 3 is 2.25 bits per heavy atom. The minimum Gasteiger partial charge on any atom is -0.339 e. The fourth-order valence-corrected chi connectivity index (χ4v) is 2.99. The highest BCUT2D eigenvalue weighted by atomic mass is 16.2. The first kappa shape index (κ1) is 18.3. The number of carbonyl (C=O) groups is 2. The molecule has 24 heavy (non-hydrogen) atoms. The normalized spacial score (nSPS) is 16.0. The summed E-state index contributed by atoms with van der Waals surface area (Å²) in [5.74, 6) is 0.300. The second-order valence-corrected chi connectivity index (χ2v) is 6.65. The molecule has 0 aromatic heterocycles. The molecule has 0 aliphatic carbocycles. The summed E-state index contributed by atoms with van der Waals surface area (Å²) in [7, 11) is 0. The van der Waals surface area contributed by atoms with Crippen LogP contribution in [0.15, 0.2) is 24.3 Å². The van der Waals surface area contributed by atoms with Crippen LogP contribution in [-0.2, 0) is 11.3 Å². The van der Waals surface area contributed by atoms with Gasteiger partial charge in [-0.2, -0.15) is 0 Å². The van der Waals surface area contributed by atoms with Gasteiger partial charge in [-0.1, -0.05) is 50.1 Å². The van der Waals surface area contributed by atoms with Crippen molar-refractivity contribution in [3.8, 4) is 0 Å². The summed E-state index contributed by atoms with van der Waals surface area (Å²) in [5.41, 5.74) is 2.30. The number of piperazine rings is 1. The molecule has 1 unspecified atom stereocenters. The molecule has 1 N–H and O–H groups in total. The Kier molecular flexibility index (Phi) is 6.64. The highest BCUT2D eigenvalue weighted by Crippen LogP contribution is 2.12. The molecule has 1 aliphatic rings. The molecule has 5 heteroatoms. The van der Waals surface area contributed by atoms with Gasteiger partial charge in [0.05, 0.1) is 0 Å². The van der Waals surface area contributed by atoms with E-state index in [4.69, 9.17) is 0 Å². The fraction of sp³-hybridized carbons (Fsp3) is 0.579. The Labute approximate surface area is 145 Å². The van der Waals surface area contributed by atoms with Gasteiger partial charge in [0.2, 0.25) is 5.91 Å². The molecule has 1 aromatic carbocycles. The zero-order valence-corrected chi connectivity index (χ0v) is 15.0. The van der Waals surface area contributed by atoms with Crippen molar-refractivity contribution in [2.45, 2.75) is 40.2 Å². The third kappa shape index (κ3) is 4.98. The first-order valence-corrected chi connectivity index (χ1v) is 8.88. The van der Waals surface area contributed by atoms with Crippen molar-refractivity contribution in [2.75, 3.05) is 26.2 Å². The molecular weight excluding hydrogens is 302 g/mol. The molecule has 0 bridgehead atoms. The molecule has 1 aliphatic heterocycles. The third-order valence-corrected chi connectivity index (χ3v) is 4.59. The van der Waals surface area contributed by atoms with Gasteiger partial charge in [0.25, 0.3) is 0 Å². The van der Waals surface area contributed by atoms with Gasteiger partial charge in [-0.3, -0.25) is 4.79 Å². The monoisotopic (exact) mass is 331 g/mol. The van der Waals surface area contributed by atoms with E-state index in [1.807, 2.05) is 43.0 Å². The lowest BCUT2D eigenvalue weighted by atomic mass is 10.0. The number of hydrogen-bond donors (Lipinski definition) is 1. The van der Waals surface area contributed by atoms with E-state index < -0.39 is 0 Å². The smallest absolute Gasteiger partial charge is 0.317 e. The highest BCUT2D eigenvalue weighted by Gasteiger charge is 2.26. The van der Waals surface area contributed by atoms with Gasteiger partial charge < -0.3 is 15.1 Å².